The molecule has 1 aromatic carbocycles. The number of amides is 1. The van der Waals surface area contributed by atoms with Gasteiger partial charge in [0.25, 0.3) is 0 Å². The minimum Gasteiger partial charge on any atom is -0.508 e. The number of phenols is 1. The van der Waals surface area contributed by atoms with E-state index in [0.717, 1.165) is 10.4 Å². The molecule has 1 atom stereocenters. The van der Waals surface area contributed by atoms with Crippen molar-refractivity contribution in [3.63, 3.8) is 0 Å². The Bertz CT molecular complexity index is 566. The summed E-state index contributed by atoms with van der Waals surface area (Å²) in [7, 11) is 0. The van der Waals surface area contributed by atoms with Gasteiger partial charge in [-0.3, -0.25) is 4.79 Å². The van der Waals surface area contributed by atoms with Crippen LogP contribution >= 0.6 is 11.3 Å². The Hall–Kier alpha value is -1.85. The molecule has 0 unspecified atom stereocenters. The first kappa shape index (κ1) is 15.5. The van der Waals surface area contributed by atoms with Gasteiger partial charge in [-0.25, -0.2) is 0 Å². The van der Waals surface area contributed by atoms with Crippen LogP contribution in [0.3, 0.4) is 0 Å². The third kappa shape index (κ3) is 4.31. The highest BCUT2D eigenvalue weighted by Gasteiger charge is 2.20. The van der Waals surface area contributed by atoms with Crippen LogP contribution in [-0.4, -0.2) is 28.5 Å². The summed E-state index contributed by atoms with van der Waals surface area (Å²) < 4.78 is 0. The van der Waals surface area contributed by atoms with E-state index in [1.165, 1.54) is 0 Å². The minimum atomic E-state index is -0.561. The predicted octanol–water partition coefficient (Wildman–Crippen LogP) is 2.37. The Labute approximate surface area is 128 Å². The van der Waals surface area contributed by atoms with E-state index >= 15 is 0 Å². The average Bonchev–Trinajstić information content (AvgIpc) is 2.99. The number of rotatable bonds is 6. The van der Waals surface area contributed by atoms with Gasteiger partial charge in [0.05, 0.1) is 12.6 Å². The number of aromatic hydroxyl groups is 1. The van der Waals surface area contributed by atoms with E-state index in [1.54, 1.807) is 40.5 Å². The van der Waals surface area contributed by atoms with E-state index in [0.29, 0.717) is 19.5 Å². The fraction of sp³-hybridized carbons (Fsp3) is 0.312. The summed E-state index contributed by atoms with van der Waals surface area (Å²) in [6.45, 7) is 3.20. The molecule has 4 nitrogen and oxygen atoms in total. The van der Waals surface area contributed by atoms with Crippen LogP contribution in [0.1, 0.15) is 17.4 Å². The number of thiophene rings is 1. The van der Waals surface area contributed by atoms with Crippen molar-refractivity contribution in [3.8, 4) is 5.75 Å². The third-order valence-electron chi connectivity index (χ3n) is 3.33. The molecule has 21 heavy (non-hydrogen) atoms. The largest absolute Gasteiger partial charge is 0.508 e. The molecule has 112 valence electrons. The molecule has 0 bridgehead atoms. The maximum atomic E-state index is 12.4. The van der Waals surface area contributed by atoms with Crippen LogP contribution in [0.25, 0.3) is 0 Å². The zero-order valence-corrected chi connectivity index (χ0v) is 12.8. The quantitative estimate of drug-likeness (QED) is 0.861. The number of hydrogen-bond acceptors (Lipinski definition) is 4. The van der Waals surface area contributed by atoms with Crippen molar-refractivity contribution < 1.29 is 9.90 Å². The highest BCUT2D eigenvalue weighted by molar-refractivity contribution is 7.09. The highest BCUT2D eigenvalue weighted by atomic mass is 32.1. The molecule has 3 N–H and O–H groups in total. The first-order valence-corrected chi connectivity index (χ1v) is 7.82. The number of nitrogens with two attached hydrogens (primary N) is 1. The summed E-state index contributed by atoms with van der Waals surface area (Å²) in [5, 5.41) is 11.3. The fourth-order valence-electron chi connectivity index (χ4n) is 2.14. The van der Waals surface area contributed by atoms with Crippen molar-refractivity contribution in [2.24, 2.45) is 5.73 Å². The van der Waals surface area contributed by atoms with Crippen LogP contribution in [0.4, 0.5) is 0 Å². The lowest BCUT2D eigenvalue weighted by atomic mass is 10.1. The van der Waals surface area contributed by atoms with Crippen molar-refractivity contribution >= 4 is 17.2 Å². The van der Waals surface area contributed by atoms with Gasteiger partial charge in [0.1, 0.15) is 5.75 Å². The highest BCUT2D eigenvalue weighted by Crippen LogP contribution is 2.14. The first-order valence-electron chi connectivity index (χ1n) is 6.94. The summed E-state index contributed by atoms with van der Waals surface area (Å²) in [6.07, 6.45) is 0.472. The van der Waals surface area contributed by atoms with Crippen LogP contribution in [0.15, 0.2) is 41.8 Å². The Morgan fingerprint density at radius 2 is 2.05 bits per heavy atom. The molecular formula is C16H20N2O2S. The molecule has 5 heteroatoms. The molecule has 0 saturated heterocycles. The van der Waals surface area contributed by atoms with E-state index in [4.69, 9.17) is 5.73 Å². The van der Waals surface area contributed by atoms with Gasteiger partial charge in [-0.2, -0.15) is 0 Å². The van der Waals surface area contributed by atoms with Crippen molar-refractivity contribution in [1.82, 2.24) is 4.90 Å². The van der Waals surface area contributed by atoms with Gasteiger partial charge < -0.3 is 15.7 Å². The Kier molecular flexibility index (Phi) is 5.36. The summed E-state index contributed by atoms with van der Waals surface area (Å²) in [4.78, 5) is 15.4. The molecule has 0 saturated carbocycles. The van der Waals surface area contributed by atoms with Gasteiger partial charge in [-0.05, 0) is 42.5 Å². The van der Waals surface area contributed by atoms with Crippen LogP contribution in [0.2, 0.25) is 0 Å². The average molecular weight is 304 g/mol. The molecule has 1 heterocycles. The molecule has 1 amide bonds. The van der Waals surface area contributed by atoms with Crippen molar-refractivity contribution in [2.45, 2.75) is 25.9 Å². The predicted molar refractivity (Wildman–Crippen MR) is 85.2 cm³/mol. The van der Waals surface area contributed by atoms with Crippen LogP contribution in [0.5, 0.6) is 5.75 Å². The summed E-state index contributed by atoms with van der Waals surface area (Å²) in [6, 6.07) is 10.2. The Balaban J connectivity index is 1.97. The van der Waals surface area contributed by atoms with E-state index in [2.05, 4.69) is 0 Å². The smallest absolute Gasteiger partial charge is 0.240 e. The van der Waals surface area contributed by atoms with Gasteiger partial charge >= 0.3 is 0 Å². The molecule has 1 aromatic heterocycles. The number of nitrogens with zero attached hydrogens (tertiary/aromatic N) is 1. The second-order valence-electron chi connectivity index (χ2n) is 4.91. The van der Waals surface area contributed by atoms with E-state index in [1.807, 2.05) is 24.4 Å². The number of benzene rings is 1. The molecule has 0 radical (unpaired) electrons. The molecular weight excluding hydrogens is 284 g/mol. The molecule has 0 aliphatic heterocycles. The maximum Gasteiger partial charge on any atom is 0.240 e. The number of phenolic OH excluding ortho intramolecular Hbond substituents is 1. The fourth-order valence-corrected chi connectivity index (χ4v) is 2.86. The van der Waals surface area contributed by atoms with Gasteiger partial charge in [0, 0.05) is 11.4 Å². The monoisotopic (exact) mass is 304 g/mol. The molecule has 2 rings (SSSR count). The number of hydrogen-bond donors (Lipinski definition) is 2. The van der Waals surface area contributed by atoms with Crippen molar-refractivity contribution in [3.05, 3.63) is 52.2 Å². The van der Waals surface area contributed by atoms with Crippen LogP contribution in [0, 0.1) is 0 Å². The van der Waals surface area contributed by atoms with Gasteiger partial charge in [0.15, 0.2) is 0 Å². The van der Waals surface area contributed by atoms with E-state index in [-0.39, 0.29) is 11.7 Å². The maximum absolute atomic E-state index is 12.4. The van der Waals surface area contributed by atoms with Crippen LogP contribution in [-0.2, 0) is 17.8 Å². The SMILES string of the molecule is CCN(Cc1cccs1)C(=O)[C@H](N)Cc1ccc(O)cc1. The summed E-state index contributed by atoms with van der Waals surface area (Å²) in [5.74, 6) is 0.172. The van der Waals surface area contributed by atoms with E-state index in [9.17, 15) is 9.90 Å². The second kappa shape index (κ2) is 7.24. The minimum absolute atomic E-state index is 0.0426. The first-order chi connectivity index (χ1) is 10.1. The standard InChI is InChI=1S/C16H20N2O2S/c1-2-18(11-14-4-3-9-21-14)16(20)15(17)10-12-5-7-13(19)8-6-12/h3-9,15,19H,2,10-11,17H2,1H3/t15-/m1/s1. The van der Waals surface area contributed by atoms with Crippen LogP contribution < -0.4 is 5.73 Å². The van der Waals surface area contributed by atoms with Crippen molar-refractivity contribution in [2.75, 3.05) is 6.54 Å². The number of likely N-dealkylation sites (N-methyl/N-ethyl adjacent to an activating group) is 1. The van der Waals surface area contributed by atoms with Gasteiger partial charge in [-0.15, -0.1) is 11.3 Å². The Morgan fingerprint density at radius 1 is 1.33 bits per heavy atom. The van der Waals surface area contributed by atoms with Gasteiger partial charge in [-0.1, -0.05) is 18.2 Å². The second-order valence-corrected chi connectivity index (χ2v) is 5.94. The lowest BCUT2D eigenvalue weighted by Crippen LogP contribution is -2.44. The van der Waals surface area contributed by atoms with E-state index < -0.39 is 6.04 Å². The number of carbonyl (C=O) groups excluding carboxylic acids is 1. The molecule has 0 aliphatic carbocycles. The topological polar surface area (TPSA) is 66.6 Å². The third-order valence-corrected chi connectivity index (χ3v) is 4.19. The normalized spacial score (nSPS) is 12.1. The summed E-state index contributed by atoms with van der Waals surface area (Å²) >= 11 is 1.64. The lowest BCUT2D eigenvalue weighted by molar-refractivity contribution is -0.132. The Morgan fingerprint density at radius 3 is 2.62 bits per heavy atom. The lowest BCUT2D eigenvalue weighted by Gasteiger charge is -2.24. The van der Waals surface area contributed by atoms with Crippen molar-refractivity contribution in [1.29, 1.82) is 0 Å². The zero-order valence-electron chi connectivity index (χ0n) is 12.0. The number of carbonyl (C=O) groups is 1. The summed E-state index contributed by atoms with van der Waals surface area (Å²) in [5.41, 5.74) is 6.99. The zero-order chi connectivity index (χ0) is 15.2. The molecule has 2 aromatic rings. The molecule has 0 fully saturated rings. The molecule has 0 spiro atoms. The molecule has 0 aliphatic rings. The van der Waals surface area contributed by atoms with Gasteiger partial charge in [0.2, 0.25) is 5.91 Å².